The van der Waals surface area contributed by atoms with Crippen LogP contribution in [-0.4, -0.2) is 9.78 Å². The number of hydrogen-bond acceptors (Lipinski definition) is 2. The van der Waals surface area contributed by atoms with Crippen LogP contribution in [0.15, 0.2) is 72.8 Å². The molecule has 3 nitrogen and oxygen atoms in total. The number of hydrogen-bond donors (Lipinski definition) is 0. The van der Waals surface area contributed by atoms with Crippen LogP contribution in [0, 0.1) is 13.8 Å². The molecule has 0 N–H and O–H groups in total. The van der Waals surface area contributed by atoms with Crippen molar-refractivity contribution in [1.29, 1.82) is 0 Å². The Kier molecular flexibility index (Phi) is 3.61. The first kappa shape index (κ1) is 15.9. The second-order valence-electron chi connectivity index (χ2n) is 7.09. The molecule has 4 aromatic rings. The van der Waals surface area contributed by atoms with Gasteiger partial charge in [-0.15, -0.1) is 0 Å². The first-order valence-corrected chi connectivity index (χ1v) is 9.20. The van der Waals surface area contributed by atoms with Crippen LogP contribution in [0.5, 0.6) is 11.5 Å². The highest BCUT2D eigenvalue weighted by molar-refractivity contribution is 5.77. The topological polar surface area (TPSA) is 27.1 Å². The van der Waals surface area contributed by atoms with E-state index < -0.39 is 0 Å². The third-order valence-corrected chi connectivity index (χ3v) is 5.07. The molecule has 0 saturated carbocycles. The van der Waals surface area contributed by atoms with Crippen LogP contribution >= 0.6 is 0 Å². The molecule has 0 aliphatic heterocycles. The number of aromatic nitrogens is 2. The molecule has 3 heteroatoms. The van der Waals surface area contributed by atoms with Gasteiger partial charge in [0.1, 0.15) is 11.5 Å². The van der Waals surface area contributed by atoms with Crippen molar-refractivity contribution >= 4 is 0 Å². The second-order valence-corrected chi connectivity index (χ2v) is 7.09. The van der Waals surface area contributed by atoms with Gasteiger partial charge in [-0.3, -0.25) is 0 Å². The molecular formula is C24H20N2O. The third-order valence-electron chi connectivity index (χ3n) is 5.07. The molecule has 0 amide bonds. The summed E-state index contributed by atoms with van der Waals surface area (Å²) in [6, 6.07) is 25.1. The van der Waals surface area contributed by atoms with Crippen molar-refractivity contribution < 1.29 is 4.74 Å². The lowest BCUT2D eigenvalue weighted by Gasteiger charge is -2.10. The van der Waals surface area contributed by atoms with Crippen LogP contribution in [0.2, 0.25) is 0 Å². The van der Waals surface area contributed by atoms with E-state index in [1.54, 1.807) is 0 Å². The van der Waals surface area contributed by atoms with Gasteiger partial charge < -0.3 is 4.74 Å². The fourth-order valence-corrected chi connectivity index (χ4v) is 3.89. The number of fused-ring (bicyclic) bond motifs is 3. The van der Waals surface area contributed by atoms with Gasteiger partial charge in [0.15, 0.2) is 0 Å². The average molecular weight is 352 g/mol. The largest absolute Gasteiger partial charge is 0.457 e. The summed E-state index contributed by atoms with van der Waals surface area (Å²) in [6.07, 6.45) is 0.967. The monoisotopic (exact) mass is 352 g/mol. The van der Waals surface area contributed by atoms with Gasteiger partial charge in [0.25, 0.3) is 0 Å². The lowest BCUT2D eigenvalue weighted by molar-refractivity contribution is 0.481. The van der Waals surface area contributed by atoms with Gasteiger partial charge in [0.2, 0.25) is 0 Å². The molecular weight excluding hydrogens is 332 g/mol. The van der Waals surface area contributed by atoms with E-state index in [0.29, 0.717) is 0 Å². The van der Waals surface area contributed by atoms with Crippen molar-refractivity contribution in [2.45, 2.75) is 20.3 Å². The zero-order valence-electron chi connectivity index (χ0n) is 15.4. The standard InChI is InChI=1S/C24H20N2O/c1-16-12-17(2)26(25-16)20-7-5-8-21(15-20)27-22-10-11-24-19(14-22)13-18-6-3-4-9-23(18)24/h3-12,14-15H,13H2,1-2H3. The minimum Gasteiger partial charge on any atom is -0.457 e. The molecule has 0 fully saturated rings. The van der Waals surface area contributed by atoms with Crippen LogP contribution in [-0.2, 0) is 6.42 Å². The Hall–Kier alpha value is -3.33. The average Bonchev–Trinajstić information content (AvgIpc) is 3.20. The van der Waals surface area contributed by atoms with E-state index in [1.807, 2.05) is 35.9 Å². The predicted molar refractivity (Wildman–Crippen MR) is 108 cm³/mol. The van der Waals surface area contributed by atoms with Gasteiger partial charge in [-0.25, -0.2) is 4.68 Å². The molecule has 1 heterocycles. The second kappa shape index (κ2) is 6.13. The maximum absolute atomic E-state index is 6.17. The molecule has 0 bridgehead atoms. The molecule has 0 spiro atoms. The number of nitrogens with zero attached hydrogens (tertiary/aromatic N) is 2. The zero-order valence-corrected chi connectivity index (χ0v) is 15.4. The highest BCUT2D eigenvalue weighted by Gasteiger charge is 2.18. The third kappa shape index (κ3) is 2.81. The summed E-state index contributed by atoms with van der Waals surface area (Å²) in [7, 11) is 0. The Morgan fingerprint density at radius 1 is 0.778 bits per heavy atom. The summed E-state index contributed by atoms with van der Waals surface area (Å²) < 4.78 is 8.12. The van der Waals surface area contributed by atoms with Crippen LogP contribution < -0.4 is 4.74 Å². The van der Waals surface area contributed by atoms with E-state index in [2.05, 4.69) is 60.6 Å². The van der Waals surface area contributed by atoms with Gasteiger partial charge in [0.05, 0.1) is 11.4 Å². The van der Waals surface area contributed by atoms with Crippen molar-refractivity contribution in [2.24, 2.45) is 0 Å². The van der Waals surface area contributed by atoms with Crippen LogP contribution in [0.3, 0.4) is 0 Å². The van der Waals surface area contributed by atoms with E-state index in [0.717, 1.165) is 35.0 Å². The molecule has 0 radical (unpaired) electrons. The highest BCUT2D eigenvalue weighted by Crippen LogP contribution is 2.38. The maximum atomic E-state index is 6.17. The molecule has 0 atom stereocenters. The Balaban J connectivity index is 1.44. The highest BCUT2D eigenvalue weighted by atomic mass is 16.5. The SMILES string of the molecule is Cc1cc(C)n(-c2cccc(Oc3ccc4c(c3)Cc3ccccc3-4)c2)n1. The fraction of sp³-hybridized carbons (Fsp3) is 0.125. The lowest BCUT2D eigenvalue weighted by Crippen LogP contribution is -1.99. The zero-order chi connectivity index (χ0) is 18.4. The van der Waals surface area contributed by atoms with Gasteiger partial charge in [-0.1, -0.05) is 36.4 Å². The predicted octanol–water partition coefficient (Wildman–Crippen LogP) is 5.85. The van der Waals surface area contributed by atoms with E-state index in [9.17, 15) is 0 Å². The van der Waals surface area contributed by atoms with Crippen molar-refractivity contribution in [3.05, 3.63) is 95.3 Å². The summed E-state index contributed by atoms with van der Waals surface area (Å²) in [5.74, 6) is 1.68. The molecule has 5 rings (SSSR count). The van der Waals surface area contributed by atoms with Crippen molar-refractivity contribution in [3.63, 3.8) is 0 Å². The Bertz CT molecular complexity index is 1160. The van der Waals surface area contributed by atoms with Crippen LogP contribution in [0.4, 0.5) is 0 Å². The number of rotatable bonds is 3. The van der Waals surface area contributed by atoms with Gasteiger partial charge >= 0.3 is 0 Å². The summed E-state index contributed by atoms with van der Waals surface area (Å²) in [5.41, 5.74) is 8.49. The smallest absolute Gasteiger partial charge is 0.129 e. The first-order valence-electron chi connectivity index (χ1n) is 9.20. The van der Waals surface area contributed by atoms with E-state index in [1.165, 1.54) is 22.3 Å². The summed E-state index contributed by atoms with van der Waals surface area (Å²) in [4.78, 5) is 0. The summed E-state index contributed by atoms with van der Waals surface area (Å²) >= 11 is 0. The fourth-order valence-electron chi connectivity index (χ4n) is 3.89. The molecule has 0 unspecified atom stereocenters. The quantitative estimate of drug-likeness (QED) is 0.407. The van der Waals surface area contributed by atoms with Crippen LogP contribution in [0.25, 0.3) is 16.8 Å². The number of benzene rings is 3. The van der Waals surface area contributed by atoms with E-state index >= 15 is 0 Å². The number of aryl methyl sites for hydroxylation is 2. The normalized spacial score (nSPS) is 11.9. The summed E-state index contributed by atoms with van der Waals surface area (Å²) in [6.45, 7) is 4.07. The molecule has 27 heavy (non-hydrogen) atoms. The van der Waals surface area contributed by atoms with Crippen molar-refractivity contribution in [2.75, 3.05) is 0 Å². The molecule has 1 aliphatic carbocycles. The van der Waals surface area contributed by atoms with E-state index in [-0.39, 0.29) is 0 Å². The maximum Gasteiger partial charge on any atom is 0.129 e. The van der Waals surface area contributed by atoms with E-state index in [4.69, 9.17) is 4.74 Å². The Morgan fingerprint density at radius 2 is 1.59 bits per heavy atom. The Morgan fingerprint density at radius 3 is 2.44 bits per heavy atom. The lowest BCUT2D eigenvalue weighted by atomic mass is 10.1. The minimum atomic E-state index is 0.815. The van der Waals surface area contributed by atoms with Crippen LogP contribution in [0.1, 0.15) is 22.5 Å². The Labute approximate surface area is 158 Å². The molecule has 1 aromatic heterocycles. The molecule has 0 saturated heterocycles. The van der Waals surface area contributed by atoms with Gasteiger partial charge in [-0.05, 0) is 72.9 Å². The first-order chi connectivity index (χ1) is 13.2. The minimum absolute atomic E-state index is 0.815. The molecule has 1 aliphatic rings. The molecule has 132 valence electrons. The van der Waals surface area contributed by atoms with Gasteiger partial charge in [-0.2, -0.15) is 5.10 Å². The molecule has 3 aromatic carbocycles. The number of ether oxygens (including phenoxy) is 1. The van der Waals surface area contributed by atoms with Gasteiger partial charge in [0, 0.05) is 11.8 Å². The summed E-state index contributed by atoms with van der Waals surface area (Å²) in [5, 5.41) is 4.56. The van der Waals surface area contributed by atoms with Crippen molar-refractivity contribution in [3.8, 4) is 28.3 Å². The van der Waals surface area contributed by atoms with Crippen molar-refractivity contribution in [1.82, 2.24) is 9.78 Å².